The maximum atomic E-state index is 8.96. The molecule has 0 atom stereocenters. The molecule has 1 rings (SSSR count). The molecule has 2 nitrogen and oxygen atoms in total. The first-order valence-corrected chi connectivity index (χ1v) is 5.27. The van der Waals surface area contributed by atoms with Gasteiger partial charge in [-0.25, -0.2) is 0 Å². The van der Waals surface area contributed by atoms with Gasteiger partial charge in [0.2, 0.25) is 0 Å². The number of nitrogens with zero attached hydrogens (tertiary/aromatic N) is 2. The zero-order valence-electron chi connectivity index (χ0n) is 8.92. The average Bonchev–Trinajstić information content (AvgIpc) is 2.22. The zero-order valence-corrected chi connectivity index (χ0v) is 8.92. The number of terminal acetylenes is 1. The van der Waals surface area contributed by atoms with Gasteiger partial charge in [-0.15, -0.1) is 12.3 Å². The summed E-state index contributed by atoms with van der Waals surface area (Å²) in [5.74, 6) is 2.66. The van der Waals surface area contributed by atoms with Crippen molar-refractivity contribution in [3.8, 4) is 18.4 Å². The summed E-state index contributed by atoms with van der Waals surface area (Å²) in [6.07, 6.45) is 9.15. The van der Waals surface area contributed by atoms with Gasteiger partial charge in [0.1, 0.15) is 0 Å². The van der Waals surface area contributed by atoms with E-state index in [1.807, 2.05) is 0 Å². The SMILES string of the molecule is C#CCCCN1CCC(C)(C#N)CC1. The van der Waals surface area contributed by atoms with Crippen LogP contribution in [0.4, 0.5) is 0 Å². The molecule has 0 saturated carbocycles. The minimum Gasteiger partial charge on any atom is -0.303 e. The van der Waals surface area contributed by atoms with Gasteiger partial charge >= 0.3 is 0 Å². The van der Waals surface area contributed by atoms with E-state index < -0.39 is 0 Å². The summed E-state index contributed by atoms with van der Waals surface area (Å²) in [7, 11) is 0. The van der Waals surface area contributed by atoms with Crippen molar-refractivity contribution >= 4 is 0 Å². The first-order valence-electron chi connectivity index (χ1n) is 5.27. The molecular formula is C12H18N2. The van der Waals surface area contributed by atoms with Gasteiger partial charge in [0.05, 0.1) is 11.5 Å². The topological polar surface area (TPSA) is 27.0 Å². The summed E-state index contributed by atoms with van der Waals surface area (Å²) in [6, 6.07) is 2.41. The van der Waals surface area contributed by atoms with Gasteiger partial charge in [0, 0.05) is 6.42 Å². The first-order chi connectivity index (χ1) is 6.70. The largest absolute Gasteiger partial charge is 0.303 e. The van der Waals surface area contributed by atoms with Crippen molar-refractivity contribution in [2.45, 2.75) is 32.6 Å². The molecule has 0 aromatic carbocycles. The maximum absolute atomic E-state index is 8.96. The molecule has 14 heavy (non-hydrogen) atoms. The van der Waals surface area contributed by atoms with Crippen molar-refractivity contribution in [2.75, 3.05) is 19.6 Å². The molecule has 0 spiro atoms. The molecule has 76 valence electrons. The van der Waals surface area contributed by atoms with Crippen LogP contribution in [0.25, 0.3) is 0 Å². The second-order valence-corrected chi connectivity index (χ2v) is 4.32. The molecule has 1 saturated heterocycles. The van der Waals surface area contributed by atoms with Crippen molar-refractivity contribution in [2.24, 2.45) is 5.41 Å². The van der Waals surface area contributed by atoms with Gasteiger partial charge in [-0.1, -0.05) is 0 Å². The lowest BCUT2D eigenvalue weighted by molar-refractivity contribution is 0.156. The predicted octanol–water partition coefficient (Wildman–Crippen LogP) is 2.03. The van der Waals surface area contributed by atoms with E-state index in [0.717, 1.165) is 45.3 Å². The molecule has 2 heteroatoms. The molecule has 0 aromatic heterocycles. The van der Waals surface area contributed by atoms with E-state index in [1.54, 1.807) is 0 Å². The lowest BCUT2D eigenvalue weighted by Gasteiger charge is -2.34. The second kappa shape index (κ2) is 5.03. The monoisotopic (exact) mass is 190 g/mol. The Labute approximate surface area is 86.9 Å². The molecule has 0 aliphatic carbocycles. The normalized spacial score (nSPS) is 21.1. The van der Waals surface area contributed by atoms with Crippen LogP contribution in [0.2, 0.25) is 0 Å². The quantitative estimate of drug-likeness (QED) is 0.503. The van der Waals surface area contributed by atoms with Crippen LogP contribution in [0.15, 0.2) is 0 Å². The Morgan fingerprint density at radius 1 is 1.43 bits per heavy atom. The summed E-state index contributed by atoms with van der Waals surface area (Å²) in [5, 5.41) is 8.96. The molecule has 0 unspecified atom stereocenters. The molecule has 1 aliphatic heterocycles. The Balaban J connectivity index is 2.24. The van der Waals surface area contributed by atoms with Crippen molar-refractivity contribution in [1.82, 2.24) is 4.90 Å². The Morgan fingerprint density at radius 2 is 2.07 bits per heavy atom. The Kier molecular flexibility index (Phi) is 3.98. The fraction of sp³-hybridized carbons (Fsp3) is 0.750. The van der Waals surface area contributed by atoms with Gasteiger partial charge < -0.3 is 4.90 Å². The van der Waals surface area contributed by atoms with Crippen molar-refractivity contribution in [1.29, 1.82) is 5.26 Å². The van der Waals surface area contributed by atoms with Crippen LogP contribution in [0.5, 0.6) is 0 Å². The van der Waals surface area contributed by atoms with Gasteiger partial charge in [-0.05, 0) is 45.8 Å². The molecule has 0 bridgehead atoms. The zero-order chi connectivity index (χ0) is 10.4. The molecule has 0 aromatic rings. The number of hydrogen-bond donors (Lipinski definition) is 0. The summed E-state index contributed by atoms with van der Waals surface area (Å²) >= 11 is 0. The van der Waals surface area contributed by atoms with Crippen LogP contribution in [0.3, 0.4) is 0 Å². The van der Waals surface area contributed by atoms with Crippen LogP contribution < -0.4 is 0 Å². The standard InChI is InChI=1S/C12H18N2/c1-3-4-5-8-14-9-6-12(2,11-13)7-10-14/h1H,4-10H2,2H3. The van der Waals surface area contributed by atoms with E-state index in [-0.39, 0.29) is 5.41 Å². The van der Waals surface area contributed by atoms with Crippen LogP contribution in [-0.4, -0.2) is 24.5 Å². The molecule has 1 heterocycles. The average molecular weight is 190 g/mol. The highest BCUT2D eigenvalue weighted by Crippen LogP contribution is 2.29. The van der Waals surface area contributed by atoms with Gasteiger partial charge in [-0.3, -0.25) is 0 Å². The van der Waals surface area contributed by atoms with Gasteiger partial charge in [0.25, 0.3) is 0 Å². The molecular weight excluding hydrogens is 172 g/mol. The second-order valence-electron chi connectivity index (χ2n) is 4.32. The Morgan fingerprint density at radius 3 is 2.57 bits per heavy atom. The molecule has 0 radical (unpaired) electrons. The third-order valence-electron chi connectivity index (χ3n) is 3.02. The first kappa shape index (κ1) is 11.1. The Hall–Kier alpha value is -0.990. The predicted molar refractivity (Wildman–Crippen MR) is 57.5 cm³/mol. The van der Waals surface area contributed by atoms with E-state index in [9.17, 15) is 0 Å². The van der Waals surface area contributed by atoms with E-state index >= 15 is 0 Å². The lowest BCUT2D eigenvalue weighted by atomic mass is 9.82. The third kappa shape index (κ3) is 3.05. The van der Waals surface area contributed by atoms with Crippen LogP contribution in [0, 0.1) is 29.1 Å². The fourth-order valence-electron chi connectivity index (χ4n) is 1.79. The van der Waals surface area contributed by atoms with Crippen LogP contribution in [-0.2, 0) is 0 Å². The number of rotatable bonds is 3. The lowest BCUT2D eigenvalue weighted by Crippen LogP contribution is -2.38. The number of piperidine rings is 1. The fourth-order valence-corrected chi connectivity index (χ4v) is 1.79. The van der Waals surface area contributed by atoms with Crippen molar-refractivity contribution in [3.05, 3.63) is 0 Å². The summed E-state index contributed by atoms with van der Waals surface area (Å²) < 4.78 is 0. The summed E-state index contributed by atoms with van der Waals surface area (Å²) in [4.78, 5) is 2.41. The summed E-state index contributed by atoms with van der Waals surface area (Å²) in [6.45, 7) is 5.25. The van der Waals surface area contributed by atoms with Gasteiger partial charge in [-0.2, -0.15) is 5.26 Å². The molecule has 0 N–H and O–H groups in total. The van der Waals surface area contributed by atoms with E-state index in [2.05, 4.69) is 23.8 Å². The highest BCUT2D eigenvalue weighted by atomic mass is 15.1. The summed E-state index contributed by atoms with van der Waals surface area (Å²) in [5.41, 5.74) is -0.0807. The maximum Gasteiger partial charge on any atom is 0.0687 e. The number of unbranched alkanes of at least 4 members (excludes halogenated alkanes) is 1. The number of hydrogen-bond acceptors (Lipinski definition) is 2. The van der Waals surface area contributed by atoms with E-state index in [4.69, 9.17) is 11.7 Å². The van der Waals surface area contributed by atoms with Crippen molar-refractivity contribution in [3.63, 3.8) is 0 Å². The highest BCUT2D eigenvalue weighted by Gasteiger charge is 2.29. The Bertz CT molecular complexity index is 248. The van der Waals surface area contributed by atoms with Gasteiger partial charge in [0.15, 0.2) is 0 Å². The number of nitriles is 1. The van der Waals surface area contributed by atoms with Crippen LogP contribution >= 0.6 is 0 Å². The van der Waals surface area contributed by atoms with E-state index in [1.165, 1.54) is 0 Å². The highest BCUT2D eigenvalue weighted by molar-refractivity contribution is 4.98. The van der Waals surface area contributed by atoms with E-state index in [0.29, 0.717) is 0 Å². The minimum absolute atomic E-state index is 0.0807. The molecule has 0 amide bonds. The molecule has 1 fully saturated rings. The number of likely N-dealkylation sites (tertiary alicyclic amines) is 1. The smallest absolute Gasteiger partial charge is 0.0687 e. The van der Waals surface area contributed by atoms with Crippen LogP contribution in [0.1, 0.15) is 32.6 Å². The third-order valence-corrected chi connectivity index (χ3v) is 3.02. The minimum atomic E-state index is -0.0807. The molecule has 1 aliphatic rings. The van der Waals surface area contributed by atoms with Crippen molar-refractivity contribution < 1.29 is 0 Å².